The number of nitrogens with zero attached hydrogens (tertiary/aromatic N) is 1. The third-order valence-corrected chi connectivity index (χ3v) is 4.52. The van der Waals surface area contributed by atoms with Gasteiger partial charge in [0.1, 0.15) is 0 Å². The first kappa shape index (κ1) is 15.8. The first-order chi connectivity index (χ1) is 11.1. The first-order valence-corrected chi connectivity index (χ1v) is 8.39. The van der Waals surface area contributed by atoms with Crippen LogP contribution < -0.4 is 0 Å². The standard InChI is InChI=1S/C20H20ClNO/c1-3-6-14(2)22-13-18(17-7-4-5-8-19(17)22)20(23)15-9-11-16(21)12-10-15/h4-5,7-14H,3,6H2,1-2H3. The average Bonchev–Trinajstić information content (AvgIpc) is 2.95. The number of aromatic nitrogens is 1. The Morgan fingerprint density at radius 1 is 1.13 bits per heavy atom. The molecule has 118 valence electrons. The molecule has 0 aliphatic carbocycles. The molecule has 1 aromatic heterocycles. The van der Waals surface area contributed by atoms with Crippen molar-refractivity contribution in [2.75, 3.05) is 0 Å². The second kappa shape index (κ2) is 6.59. The number of carbonyl (C=O) groups is 1. The molecule has 0 saturated heterocycles. The molecule has 0 spiro atoms. The molecule has 23 heavy (non-hydrogen) atoms. The van der Waals surface area contributed by atoms with E-state index in [2.05, 4.69) is 24.5 Å². The number of carbonyl (C=O) groups excluding carboxylic acids is 1. The van der Waals surface area contributed by atoms with Gasteiger partial charge in [-0.1, -0.05) is 43.1 Å². The number of halogens is 1. The molecule has 3 rings (SSSR count). The Morgan fingerprint density at radius 3 is 2.52 bits per heavy atom. The Kier molecular flexibility index (Phi) is 4.53. The Balaban J connectivity index is 2.10. The van der Waals surface area contributed by atoms with Crippen molar-refractivity contribution in [3.05, 3.63) is 70.9 Å². The molecule has 0 fully saturated rings. The molecule has 0 saturated carbocycles. The van der Waals surface area contributed by atoms with Gasteiger partial charge in [-0.2, -0.15) is 0 Å². The number of ketones is 1. The zero-order valence-electron chi connectivity index (χ0n) is 13.4. The average molecular weight is 326 g/mol. The lowest BCUT2D eigenvalue weighted by molar-refractivity contribution is 0.104. The summed E-state index contributed by atoms with van der Waals surface area (Å²) < 4.78 is 2.22. The number of hydrogen-bond donors (Lipinski definition) is 0. The van der Waals surface area contributed by atoms with Crippen LogP contribution in [-0.4, -0.2) is 10.4 Å². The van der Waals surface area contributed by atoms with Crippen molar-refractivity contribution in [2.24, 2.45) is 0 Å². The molecule has 0 aliphatic heterocycles. The minimum absolute atomic E-state index is 0.0420. The fourth-order valence-corrected chi connectivity index (χ4v) is 3.19. The number of rotatable bonds is 5. The molecule has 0 N–H and O–H groups in total. The van der Waals surface area contributed by atoms with Gasteiger partial charge >= 0.3 is 0 Å². The van der Waals surface area contributed by atoms with E-state index in [9.17, 15) is 4.79 Å². The highest BCUT2D eigenvalue weighted by atomic mass is 35.5. The normalized spacial score (nSPS) is 12.5. The summed E-state index contributed by atoms with van der Waals surface area (Å²) in [5.41, 5.74) is 2.54. The lowest BCUT2D eigenvalue weighted by Crippen LogP contribution is -2.04. The summed E-state index contributed by atoms with van der Waals surface area (Å²) in [6.07, 6.45) is 4.21. The molecule has 0 bridgehead atoms. The summed E-state index contributed by atoms with van der Waals surface area (Å²) in [6, 6.07) is 15.6. The van der Waals surface area contributed by atoms with Gasteiger partial charge in [0.25, 0.3) is 0 Å². The zero-order valence-corrected chi connectivity index (χ0v) is 14.2. The summed E-state index contributed by atoms with van der Waals surface area (Å²) in [7, 11) is 0. The molecule has 2 aromatic carbocycles. The topological polar surface area (TPSA) is 22.0 Å². The van der Waals surface area contributed by atoms with E-state index in [1.807, 2.05) is 24.4 Å². The van der Waals surface area contributed by atoms with Gasteiger partial charge in [-0.3, -0.25) is 4.79 Å². The number of benzene rings is 2. The van der Waals surface area contributed by atoms with Crippen LogP contribution in [0.25, 0.3) is 10.9 Å². The second-order valence-corrected chi connectivity index (χ2v) is 6.38. The Hall–Kier alpha value is -2.06. The minimum Gasteiger partial charge on any atom is -0.344 e. The number of para-hydroxylation sites is 1. The van der Waals surface area contributed by atoms with Crippen LogP contribution in [0.4, 0.5) is 0 Å². The molecular formula is C20H20ClNO. The molecular weight excluding hydrogens is 306 g/mol. The van der Waals surface area contributed by atoms with Crippen molar-refractivity contribution < 1.29 is 4.79 Å². The van der Waals surface area contributed by atoms with Gasteiger partial charge in [0.15, 0.2) is 5.78 Å². The fraction of sp³-hybridized carbons (Fsp3) is 0.250. The van der Waals surface area contributed by atoms with Gasteiger partial charge in [-0.15, -0.1) is 0 Å². The van der Waals surface area contributed by atoms with E-state index in [0.29, 0.717) is 16.6 Å². The van der Waals surface area contributed by atoms with Gasteiger partial charge in [-0.25, -0.2) is 0 Å². The summed E-state index contributed by atoms with van der Waals surface area (Å²) >= 11 is 5.92. The van der Waals surface area contributed by atoms with Crippen LogP contribution in [0.1, 0.15) is 48.7 Å². The first-order valence-electron chi connectivity index (χ1n) is 8.01. The summed E-state index contributed by atoms with van der Waals surface area (Å²) in [6.45, 7) is 4.38. The summed E-state index contributed by atoms with van der Waals surface area (Å²) in [5.74, 6) is 0.0420. The molecule has 3 aromatic rings. The van der Waals surface area contributed by atoms with E-state index in [1.54, 1.807) is 24.3 Å². The molecule has 1 heterocycles. The van der Waals surface area contributed by atoms with Gasteiger partial charge in [0.2, 0.25) is 0 Å². The SMILES string of the molecule is CCCC(C)n1cc(C(=O)c2ccc(Cl)cc2)c2ccccc21. The van der Waals surface area contributed by atoms with Gasteiger partial charge < -0.3 is 4.57 Å². The number of fused-ring (bicyclic) bond motifs is 1. The zero-order chi connectivity index (χ0) is 16.4. The molecule has 1 atom stereocenters. The molecule has 3 heteroatoms. The van der Waals surface area contributed by atoms with Crippen molar-refractivity contribution in [1.82, 2.24) is 4.57 Å². The predicted octanol–water partition coefficient (Wildman–Crippen LogP) is 5.89. The number of hydrogen-bond acceptors (Lipinski definition) is 1. The van der Waals surface area contributed by atoms with E-state index in [-0.39, 0.29) is 5.78 Å². The third-order valence-electron chi connectivity index (χ3n) is 4.27. The highest BCUT2D eigenvalue weighted by Crippen LogP contribution is 2.28. The van der Waals surface area contributed by atoms with Crippen LogP contribution in [0.15, 0.2) is 54.7 Å². The van der Waals surface area contributed by atoms with Crippen molar-refractivity contribution in [3.63, 3.8) is 0 Å². The van der Waals surface area contributed by atoms with Crippen molar-refractivity contribution >= 4 is 28.3 Å². The van der Waals surface area contributed by atoms with E-state index < -0.39 is 0 Å². The maximum absolute atomic E-state index is 12.9. The van der Waals surface area contributed by atoms with Gasteiger partial charge in [0.05, 0.1) is 0 Å². The largest absolute Gasteiger partial charge is 0.344 e. The highest BCUT2D eigenvalue weighted by molar-refractivity contribution is 6.30. The Labute approximate surface area is 141 Å². The van der Waals surface area contributed by atoms with Gasteiger partial charge in [-0.05, 0) is 43.7 Å². The Morgan fingerprint density at radius 2 is 1.83 bits per heavy atom. The van der Waals surface area contributed by atoms with Crippen molar-refractivity contribution in [3.8, 4) is 0 Å². The maximum Gasteiger partial charge on any atom is 0.195 e. The van der Waals surface area contributed by atoms with Crippen LogP contribution in [0, 0.1) is 0 Å². The monoisotopic (exact) mass is 325 g/mol. The quantitative estimate of drug-likeness (QED) is 0.536. The van der Waals surface area contributed by atoms with Crippen LogP contribution in [-0.2, 0) is 0 Å². The maximum atomic E-state index is 12.9. The Bertz CT molecular complexity index is 832. The van der Waals surface area contributed by atoms with E-state index in [4.69, 9.17) is 11.6 Å². The van der Waals surface area contributed by atoms with Crippen LogP contribution in [0.5, 0.6) is 0 Å². The van der Waals surface area contributed by atoms with E-state index in [0.717, 1.165) is 29.3 Å². The van der Waals surface area contributed by atoms with Gasteiger partial charge in [0, 0.05) is 39.3 Å². The van der Waals surface area contributed by atoms with Crippen LogP contribution in [0.3, 0.4) is 0 Å². The highest BCUT2D eigenvalue weighted by Gasteiger charge is 2.18. The minimum atomic E-state index is 0.0420. The summed E-state index contributed by atoms with van der Waals surface area (Å²) in [5, 5.41) is 1.65. The van der Waals surface area contributed by atoms with Crippen LogP contribution >= 0.6 is 11.6 Å². The molecule has 0 aliphatic rings. The van der Waals surface area contributed by atoms with Crippen molar-refractivity contribution in [2.45, 2.75) is 32.7 Å². The lowest BCUT2D eigenvalue weighted by Gasteiger charge is -2.13. The smallest absolute Gasteiger partial charge is 0.195 e. The summed E-state index contributed by atoms with van der Waals surface area (Å²) in [4.78, 5) is 12.9. The fourth-order valence-electron chi connectivity index (χ4n) is 3.06. The second-order valence-electron chi connectivity index (χ2n) is 5.94. The van der Waals surface area contributed by atoms with Crippen LogP contribution in [0.2, 0.25) is 5.02 Å². The molecule has 1 unspecified atom stereocenters. The van der Waals surface area contributed by atoms with E-state index in [1.165, 1.54) is 0 Å². The van der Waals surface area contributed by atoms with Crippen molar-refractivity contribution in [1.29, 1.82) is 0 Å². The molecule has 2 nitrogen and oxygen atoms in total. The van der Waals surface area contributed by atoms with E-state index >= 15 is 0 Å². The predicted molar refractivity (Wildman–Crippen MR) is 96.4 cm³/mol. The lowest BCUT2D eigenvalue weighted by atomic mass is 10.0. The molecule has 0 amide bonds. The molecule has 0 radical (unpaired) electrons. The third kappa shape index (κ3) is 3.04.